The van der Waals surface area contributed by atoms with E-state index in [4.69, 9.17) is 5.73 Å². The first-order valence-corrected chi connectivity index (χ1v) is 6.05. The zero-order valence-corrected chi connectivity index (χ0v) is 11.2. The number of nitrogens with one attached hydrogen (secondary N) is 1. The van der Waals surface area contributed by atoms with Crippen molar-refractivity contribution in [3.05, 3.63) is 52.8 Å². The van der Waals surface area contributed by atoms with Crippen molar-refractivity contribution >= 4 is 17.3 Å². The number of rotatable bonds is 2. The topological polar surface area (TPSA) is 75.3 Å². The predicted octanol–water partition coefficient (Wildman–Crippen LogP) is 2.98. The van der Waals surface area contributed by atoms with Gasteiger partial charge in [-0.2, -0.15) is 0 Å². The van der Waals surface area contributed by atoms with E-state index in [9.17, 15) is 14.3 Å². The fourth-order valence-electron chi connectivity index (χ4n) is 1.87. The standard InChI is InChI=1S/C15H15FN2O2/c1-8-6-11(17)12(7-9(8)2)18-15(20)14-10(16)4-3-5-13(14)19/h3-7,19H,17H2,1-2H3,(H,18,20). The van der Waals surface area contributed by atoms with Gasteiger partial charge in [-0.3, -0.25) is 4.79 Å². The van der Waals surface area contributed by atoms with Crippen LogP contribution in [0.15, 0.2) is 30.3 Å². The van der Waals surface area contributed by atoms with Crippen LogP contribution >= 0.6 is 0 Å². The van der Waals surface area contributed by atoms with E-state index in [1.807, 2.05) is 13.8 Å². The van der Waals surface area contributed by atoms with Gasteiger partial charge in [-0.1, -0.05) is 6.07 Å². The van der Waals surface area contributed by atoms with Crippen LogP contribution in [-0.2, 0) is 0 Å². The highest BCUT2D eigenvalue weighted by Gasteiger charge is 2.17. The van der Waals surface area contributed by atoms with Crippen molar-refractivity contribution in [3.63, 3.8) is 0 Å². The van der Waals surface area contributed by atoms with Gasteiger partial charge >= 0.3 is 0 Å². The van der Waals surface area contributed by atoms with E-state index in [0.29, 0.717) is 11.4 Å². The van der Waals surface area contributed by atoms with Crippen LogP contribution in [0.1, 0.15) is 21.5 Å². The molecule has 0 saturated heterocycles. The lowest BCUT2D eigenvalue weighted by molar-refractivity contribution is 0.102. The summed E-state index contributed by atoms with van der Waals surface area (Å²) in [6, 6.07) is 7.12. The van der Waals surface area contributed by atoms with Crippen molar-refractivity contribution in [1.82, 2.24) is 0 Å². The fourth-order valence-corrected chi connectivity index (χ4v) is 1.87. The summed E-state index contributed by atoms with van der Waals surface area (Å²) in [5, 5.41) is 12.1. The van der Waals surface area contributed by atoms with Crippen LogP contribution in [0.25, 0.3) is 0 Å². The summed E-state index contributed by atoms with van der Waals surface area (Å²) in [6.45, 7) is 3.78. The number of hydrogen-bond donors (Lipinski definition) is 3. The van der Waals surface area contributed by atoms with Crippen molar-refractivity contribution in [2.45, 2.75) is 13.8 Å². The number of anilines is 2. The first-order chi connectivity index (χ1) is 9.40. The number of aryl methyl sites for hydroxylation is 2. The lowest BCUT2D eigenvalue weighted by atomic mass is 10.1. The van der Waals surface area contributed by atoms with Gasteiger partial charge in [-0.25, -0.2) is 4.39 Å². The highest BCUT2D eigenvalue weighted by atomic mass is 19.1. The molecular weight excluding hydrogens is 259 g/mol. The molecule has 1 amide bonds. The second-order valence-corrected chi connectivity index (χ2v) is 4.61. The summed E-state index contributed by atoms with van der Waals surface area (Å²) in [4.78, 5) is 12.0. The molecule has 0 bridgehead atoms. The number of phenols is 1. The monoisotopic (exact) mass is 274 g/mol. The molecule has 0 saturated carbocycles. The van der Waals surface area contributed by atoms with E-state index in [1.165, 1.54) is 12.1 Å². The van der Waals surface area contributed by atoms with Crippen molar-refractivity contribution in [3.8, 4) is 5.75 Å². The van der Waals surface area contributed by atoms with Gasteiger partial charge < -0.3 is 16.2 Å². The average Bonchev–Trinajstić information content (AvgIpc) is 2.35. The van der Waals surface area contributed by atoms with Crippen LogP contribution in [-0.4, -0.2) is 11.0 Å². The molecule has 0 heterocycles. The smallest absolute Gasteiger partial charge is 0.262 e. The Hall–Kier alpha value is -2.56. The van der Waals surface area contributed by atoms with Gasteiger partial charge in [0, 0.05) is 0 Å². The van der Waals surface area contributed by atoms with Crippen LogP contribution in [0, 0.1) is 19.7 Å². The van der Waals surface area contributed by atoms with E-state index >= 15 is 0 Å². The molecule has 0 atom stereocenters. The molecule has 0 aliphatic heterocycles. The summed E-state index contributed by atoms with van der Waals surface area (Å²) in [5.41, 5.74) is 8.15. The van der Waals surface area contributed by atoms with Gasteiger partial charge in [0.1, 0.15) is 17.1 Å². The molecule has 2 rings (SSSR count). The maximum atomic E-state index is 13.6. The van der Waals surface area contributed by atoms with Gasteiger partial charge in [0.25, 0.3) is 5.91 Å². The Morgan fingerprint density at radius 1 is 1.25 bits per heavy atom. The number of benzene rings is 2. The maximum absolute atomic E-state index is 13.6. The highest BCUT2D eigenvalue weighted by molar-refractivity contribution is 6.07. The molecule has 4 N–H and O–H groups in total. The van der Waals surface area contributed by atoms with Crippen LogP contribution < -0.4 is 11.1 Å². The third-order valence-corrected chi connectivity index (χ3v) is 3.13. The fraction of sp³-hybridized carbons (Fsp3) is 0.133. The van der Waals surface area contributed by atoms with Crippen LogP contribution in [0.4, 0.5) is 15.8 Å². The van der Waals surface area contributed by atoms with Crippen LogP contribution in [0.2, 0.25) is 0 Å². The molecule has 0 fully saturated rings. The Morgan fingerprint density at radius 2 is 1.90 bits per heavy atom. The van der Waals surface area contributed by atoms with Crippen molar-refractivity contribution in [2.75, 3.05) is 11.1 Å². The molecule has 2 aromatic carbocycles. The maximum Gasteiger partial charge on any atom is 0.262 e. The summed E-state index contributed by atoms with van der Waals surface area (Å²) >= 11 is 0. The van der Waals surface area contributed by atoms with E-state index < -0.39 is 23.0 Å². The normalized spacial score (nSPS) is 10.3. The number of halogens is 1. The average molecular weight is 274 g/mol. The minimum absolute atomic E-state index is 0.386. The summed E-state index contributed by atoms with van der Waals surface area (Å²) in [5.74, 6) is -1.94. The van der Waals surface area contributed by atoms with Gasteiger partial charge in [0.2, 0.25) is 0 Å². The molecule has 2 aromatic rings. The van der Waals surface area contributed by atoms with Gasteiger partial charge in [-0.05, 0) is 49.2 Å². The number of carbonyl (C=O) groups is 1. The zero-order valence-electron chi connectivity index (χ0n) is 11.2. The number of hydrogen-bond acceptors (Lipinski definition) is 3. The highest BCUT2D eigenvalue weighted by Crippen LogP contribution is 2.26. The largest absolute Gasteiger partial charge is 0.507 e. The van der Waals surface area contributed by atoms with Crippen molar-refractivity contribution in [2.24, 2.45) is 0 Å². The molecular formula is C15H15FN2O2. The summed E-state index contributed by atoms with van der Waals surface area (Å²) in [7, 11) is 0. The first-order valence-electron chi connectivity index (χ1n) is 6.05. The summed E-state index contributed by atoms with van der Waals surface area (Å²) in [6.07, 6.45) is 0. The molecule has 0 unspecified atom stereocenters. The van der Waals surface area contributed by atoms with Crippen LogP contribution in [0.5, 0.6) is 5.75 Å². The molecule has 0 radical (unpaired) electrons. The molecule has 0 aromatic heterocycles. The molecule has 0 spiro atoms. The SMILES string of the molecule is Cc1cc(N)c(NC(=O)c2c(O)cccc2F)cc1C. The van der Waals surface area contributed by atoms with E-state index in [2.05, 4.69) is 5.32 Å². The van der Waals surface area contributed by atoms with Crippen molar-refractivity contribution in [1.29, 1.82) is 0 Å². The Morgan fingerprint density at radius 3 is 2.55 bits per heavy atom. The van der Waals surface area contributed by atoms with E-state index in [1.54, 1.807) is 12.1 Å². The van der Waals surface area contributed by atoms with Crippen molar-refractivity contribution < 1.29 is 14.3 Å². The minimum Gasteiger partial charge on any atom is -0.507 e. The quantitative estimate of drug-likeness (QED) is 0.737. The van der Waals surface area contributed by atoms with E-state index in [0.717, 1.165) is 17.2 Å². The van der Waals surface area contributed by atoms with Crippen LogP contribution in [0.3, 0.4) is 0 Å². The number of nitrogen functional groups attached to an aromatic ring is 1. The molecule has 0 aliphatic rings. The third-order valence-electron chi connectivity index (χ3n) is 3.13. The molecule has 104 valence electrons. The number of amides is 1. The van der Waals surface area contributed by atoms with Gasteiger partial charge in [0.05, 0.1) is 11.4 Å². The Bertz CT molecular complexity index is 664. The zero-order chi connectivity index (χ0) is 14.9. The predicted molar refractivity (Wildman–Crippen MR) is 76.3 cm³/mol. The first kappa shape index (κ1) is 13.9. The second kappa shape index (κ2) is 5.21. The summed E-state index contributed by atoms with van der Waals surface area (Å²) < 4.78 is 13.6. The Balaban J connectivity index is 2.35. The van der Waals surface area contributed by atoms with E-state index in [-0.39, 0.29) is 0 Å². The molecule has 0 aliphatic carbocycles. The molecule has 5 heteroatoms. The molecule has 4 nitrogen and oxygen atoms in total. The lowest BCUT2D eigenvalue weighted by Crippen LogP contribution is -2.15. The van der Waals surface area contributed by atoms with Gasteiger partial charge in [0.15, 0.2) is 0 Å². The minimum atomic E-state index is -0.787. The number of aromatic hydroxyl groups is 1. The third kappa shape index (κ3) is 2.56. The Labute approximate surface area is 116 Å². The lowest BCUT2D eigenvalue weighted by Gasteiger charge is -2.12. The molecule has 20 heavy (non-hydrogen) atoms. The number of nitrogens with two attached hydrogens (primary N) is 1. The number of carbonyl (C=O) groups excluding carboxylic acids is 1. The van der Waals surface area contributed by atoms with Gasteiger partial charge in [-0.15, -0.1) is 0 Å². The second-order valence-electron chi connectivity index (χ2n) is 4.61. The number of phenolic OH excluding ortho intramolecular Hbond substituents is 1. The Kier molecular flexibility index (Phi) is 3.61.